The number of nitrogens with zero attached hydrogens (tertiary/aromatic N) is 2. The van der Waals surface area contributed by atoms with Crippen LogP contribution in [0.2, 0.25) is 0 Å². The van der Waals surface area contributed by atoms with E-state index in [1.807, 2.05) is 0 Å². The number of piperidine rings is 2. The monoisotopic (exact) mass is 304 g/mol. The van der Waals surface area contributed by atoms with Gasteiger partial charge in [-0.15, -0.1) is 9.60 Å². The van der Waals surface area contributed by atoms with Crippen molar-refractivity contribution >= 4 is 11.8 Å². The maximum Gasteiger partial charge on any atom is 0.541 e. The minimum Gasteiger partial charge on any atom is -0.399 e. The van der Waals surface area contributed by atoms with Crippen molar-refractivity contribution in [3.63, 3.8) is 0 Å². The number of hydrogen-bond acceptors (Lipinski definition) is 4. The number of rotatable bonds is 2. The predicted octanol–water partition coefficient (Wildman–Crippen LogP) is 3.17. The molecule has 2 fully saturated rings. The fourth-order valence-electron chi connectivity index (χ4n) is 3.60. The van der Waals surface area contributed by atoms with E-state index >= 15 is 0 Å². The molecule has 1 amide bonds. The zero-order chi connectivity index (χ0) is 15.4. The number of anilines is 1. The van der Waals surface area contributed by atoms with Crippen molar-refractivity contribution in [2.24, 2.45) is 0 Å². The van der Waals surface area contributed by atoms with Crippen LogP contribution in [0.15, 0.2) is 24.3 Å². The van der Waals surface area contributed by atoms with Gasteiger partial charge < -0.3 is 10.5 Å². The first-order chi connectivity index (χ1) is 10.7. The molecule has 0 aliphatic carbocycles. The lowest BCUT2D eigenvalue weighted by atomic mass is 10.1. The molecule has 5 nitrogen and oxygen atoms in total. The van der Waals surface area contributed by atoms with Crippen LogP contribution in [0.5, 0.6) is 5.75 Å². The Morgan fingerprint density at radius 2 is 1.55 bits per heavy atom. The second kappa shape index (κ2) is 6.67. The van der Waals surface area contributed by atoms with Gasteiger partial charge in [-0.3, -0.25) is 0 Å². The Morgan fingerprint density at radius 3 is 2.18 bits per heavy atom. The van der Waals surface area contributed by atoms with Crippen molar-refractivity contribution in [2.75, 3.05) is 31.9 Å². The van der Waals surface area contributed by atoms with Gasteiger partial charge in [0.1, 0.15) is 18.8 Å². The van der Waals surface area contributed by atoms with Crippen LogP contribution in [0, 0.1) is 0 Å². The number of carbonyl (C=O) groups is 1. The Hall–Kier alpha value is -1.59. The summed E-state index contributed by atoms with van der Waals surface area (Å²) in [6.07, 6.45) is 6.88. The maximum atomic E-state index is 13.0. The minimum atomic E-state index is -0.133. The van der Waals surface area contributed by atoms with E-state index < -0.39 is 0 Å². The zero-order valence-corrected chi connectivity index (χ0v) is 13.2. The first-order valence-electron chi connectivity index (χ1n) is 8.41. The van der Waals surface area contributed by atoms with E-state index in [4.69, 9.17) is 10.5 Å². The van der Waals surface area contributed by atoms with E-state index in [0.29, 0.717) is 16.0 Å². The first-order valence-corrected chi connectivity index (χ1v) is 8.41. The largest absolute Gasteiger partial charge is 0.541 e. The summed E-state index contributed by atoms with van der Waals surface area (Å²) in [6.45, 7) is 3.73. The third kappa shape index (κ3) is 3.10. The van der Waals surface area contributed by atoms with Gasteiger partial charge in [-0.05, 0) is 56.4 Å². The number of amides is 1. The second-order valence-electron chi connectivity index (χ2n) is 6.38. The standard InChI is InChI=1S/C17H26N3O2/c18-15-7-9-16(10-8-15)22-17(21)20(13-5-2-6-14-20)19-11-3-1-4-12-19/h7-10H,1-6,11-14,18H2/q+1. The molecule has 0 atom stereocenters. The summed E-state index contributed by atoms with van der Waals surface area (Å²) in [5.74, 6) is 0.583. The van der Waals surface area contributed by atoms with Crippen LogP contribution in [0.3, 0.4) is 0 Å². The Labute approximate surface area is 132 Å². The summed E-state index contributed by atoms with van der Waals surface area (Å²) in [6, 6.07) is 7.07. The number of nitrogens with two attached hydrogens (primary N) is 1. The highest BCUT2D eigenvalue weighted by atomic mass is 16.6. The van der Waals surface area contributed by atoms with Gasteiger partial charge >= 0.3 is 6.09 Å². The summed E-state index contributed by atoms with van der Waals surface area (Å²) in [5, 5.41) is 2.34. The number of nitrogen functional groups attached to an aromatic ring is 1. The van der Waals surface area contributed by atoms with Gasteiger partial charge in [-0.1, -0.05) is 6.42 Å². The van der Waals surface area contributed by atoms with E-state index in [0.717, 1.165) is 39.0 Å². The predicted molar refractivity (Wildman–Crippen MR) is 86.1 cm³/mol. The van der Waals surface area contributed by atoms with Crippen LogP contribution in [0.4, 0.5) is 10.5 Å². The normalized spacial score (nSPS) is 22.2. The minimum absolute atomic E-state index is 0.133. The first kappa shape index (κ1) is 15.3. The lowest BCUT2D eigenvalue weighted by molar-refractivity contribution is -0.975. The molecule has 2 heterocycles. The fourth-order valence-corrected chi connectivity index (χ4v) is 3.60. The van der Waals surface area contributed by atoms with Gasteiger partial charge in [-0.25, -0.2) is 0 Å². The molecule has 120 valence electrons. The van der Waals surface area contributed by atoms with E-state index in [9.17, 15) is 4.79 Å². The molecule has 2 saturated heterocycles. The number of hydrogen-bond donors (Lipinski definition) is 1. The van der Waals surface area contributed by atoms with E-state index in [1.165, 1.54) is 25.7 Å². The van der Waals surface area contributed by atoms with Crippen LogP contribution in [-0.4, -0.2) is 41.9 Å². The number of quaternary nitrogens is 1. The lowest BCUT2D eigenvalue weighted by Crippen LogP contribution is -2.67. The number of ether oxygens (including phenoxy) is 1. The highest BCUT2D eigenvalue weighted by Crippen LogP contribution is 2.28. The number of carbonyl (C=O) groups excluding carboxylic acids is 1. The van der Waals surface area contributed by atoms with E-state index in [2.05, 4.69) is 5.01 Å². The van der Waals surface area contributed by atoms with Crippen molar-refractivity contribution in [3.8, 4) is 5.75 Å². The zero-order valence-electron chi connectivity index (χ0n) is 13.2. The van der Waals surface area contributed by atoms with Crippen molar-refractivity contribution in [3.05, 3.63) is 24.3 Å². The van der Waals surface area contributed by atoms with Gasteiger partial charge in [0.15, 0.2) is 0 Å². The van der Waals surface area contributed by atoms with Crippen molar-refractivity contribution in [1.82, 2.24) is 5.01 Å². The Bertz CT molecular complexity index is 503. The Kier molecular flexibility index (Phi) is 4.64. The van der Waals surface area contributed by atoms with E-state index in [-0.39, 0.29) is 6.09 Å². The average molecular weight is 304 g/mol. The highest BCUT2D eigenvalue weighted by molar-refractivity contribution is 5.63. The lowest BCUT2D eigenvalue weighted by Gasteiger charge is -2.45. The smallest absolute Gasteiger partial charge is 0.399 e. The van der Waals surface area contributed by atoms with Gasteiger partial charge in [0.2, 0.25) is 0 Å². The average Bonchev–Trinajstić information content (AvgIpc) is 2.58. The SMILES string of the molecule is Nc1ccc(OC(=O)[N+]2(N3CCCCC3)CCCCC2)cc1. The highest BCUT2D eigenvalue weighted by Gasteiger charge is 2.46. The summed E-state index contributed by atoms with van der Waals surface area (Å²) in [5.41, 5.74) is 6.37. The molecule has 0 spiro atoms. The molecule has 2 aliphatic rings. The number of likely N-dealkylation sites (tertiary alicyclic amines) is 1. The topological polar surface area (TPSA) is 55.6 Å². The van der Waals surface area contributed by atoms with Gasteiger partial charge in [0.05, 0.1) is 0 Å². The molecule has 1 aromatic carbocycles. The molecule has 0 unspecified atom stereocenters. The summed E-state index contributed by atoms with van der Waals surface area (Å²) in [4.78, 5) is 13.0. The van der Waals surface area contributed by atoms with Crippen molar-refractivity contribution in [1.29, 1.82) is 0 Å². The van der Waals surface area contributed by atoms with Crippen LogP contribution in [-0.2, 0) is 0 Å². The van der Waals surface area contributed by atoms with Crippen LogP contribution in [0.1, 0.15) is 38.5 Å². The second-order valence-corrected chi connectivity index (χ2v) is 6.38. The van der Waals surface area contributed by atoms with Gasteiger partial charge in [-0.2, -0.15) is 4.79 Å². The molecular weight excluding hydrogens is 278 g/mol. The summed E-state index contributed by atoms with van der Waals surface area (Å²) < 4.78 is 6.08. The molecule has 3 rings (SSSR count). The van der Waals surface area contributed by atoms with Crippen LogP contribution in [0.25, 0.3) is 0 Å². The fraction of sp³-hybridized carbons (Fsp3) is 0.588. The molecule has 0 saturated carbocycles. The van der Waals surface area contributed by atoms with E-state index in [1.54, 1.807) is 24.3 Å². The molecule has 0 bridgehead atoms. The molecule has 22 heavy (non-hydrogen) atoms. The quantitative estimate of drug-likeness (QED) is 0.673. The molecule has 0 radical (unpaired) electrons. The summed E-state index contributed by atoms with van der Waals surface area (Å²) in [7, 11) is 0. The van der Waals surface area contributed by atoms with Crippen LogP contribution < -0.4 is 10.5 Å². The molecule has 2 aliphatic heterocycles. The molecule has 1 aromatic rings. The van der Waals surface area contributed by atoms with Gasteiger partial charge in [0.25, 0.3) is 0 Å². The molecule has 0 aromatic heterocycles. The molecule has 5 heteroatoms. The Balaban J connectivity index is 1.78. The van der Waals surface area contributed by atoms with Crippen molar-refractivity contribution < 1.29 is 14.1 Å². The van der Waals surface area contributed by atoms with Gasteiger partial charge in [0, 0.05) is 18.8 Å². The Morgan fingerprint density at radius 1 is 0.955 bits per heavy atom. The third-order valence-electron chi connectivity index (χ3n) is 4.86. The maximum absolute atomic E-state index is 13.0. The van der Waals surface area contributed by atoms with Crippen LogP contribution >= 0.6 is 0 Å². The summed E-state index contributed by atoms with van der Waals surface area (Å²) >= 11 is 0. The number of benzene rings is 1. The third-order valence-corrected chi connectivity index (χ3v) is 4.86. The molecule has 2 N–H and O–H groups in total. The molecular formula is C17H26N3O2+. The van der Waals surface area contributed by atoms with Crippen molar-refractivity contribution in [2.45, 2.75) is 38.5 Å².